The summed E-state index contributed by atoms with van der Waals surface area (Å²) in [5.41, 5.74) is 0. The quantitative estimate of drug-likeness (QED) is 0.561. The van der Waals surface area contributed by atoms with Crippen LogP contribution >= 0.6 is 0 Å². The van der Waals surface area contributed by atoms with Crippen LogP contribution in [0.15, 0.2) is 35.2 Å². The van der Waals surface area contributed by atoms with Gasteiger partial charge >= 0.3 is 20.5 Å². The van der Waals surface area contributed by atoms with Gasteiger partial charge in [0.2, 0.25) is 4.90 Å². The SMILES string of the molecule is O=S=[S+]c1ccccc1. The largest absolute Gasteiger partial charge is 0.397 e. The van der Waals surface area contributed by atoms with Gasteiger partial charge in [-0.05, 0) is 0 Å². The highest BCUT2D eigenvalue weighted by molar-refractivity contribution is 8.20. The maximum atomic E-state index is 9.98. The molecule has 0 unspecified atom stereocenters. The Kier molecular flexibility index (Phi) is 2.54. The lowest BCUT2D eigenvalue weighted by Crippen LogP contribution is -1.67. The Morgan fingerprint density at radius 3 is 2.44 bits per heavy atom. The average molecular weight is 157 g/mol. The van der Waals surface area contributed by atoms with E-state index in [9.17, 15) is 4.21 Å². The molecule has 3 heteroatoms. The van der Waals surface area contributed by atoms with Crippen LogP contribution in [-0.2, 0) is 20.5 Å². The van der Waals surface area contributed by atoms with E-state index in [0.717, 1.165) is 4.90 Å². The molecule has 1 aromatic rings. The molecule has 0 aliphatic carbocycles. The van der Waals surface area contributed by atoms with E-state index in [-0.39, 0.29) is 0 Å². The van der Waals surface area contributed by atoms with E-state index >= 15 is 0 Å². The van der Waals surface area contributed by atoms with Crippen molar-refractivity contribution in [3.63, 3.8) is 0 Å². The van der Waals surface area contributed by atoms with Crippen molar-refractivity contribution in [3.8, 4) is 0 Å². The molecule has 1 nitrogen and oxygen atoms in total. The molecule has 0 N–H and O–H groups in total. The van der Waals surface area contributed by atoms with E-state index in [1.807, 2.05) is 30.3 Å². The molecule has 0 atom stereocenters. The van der Waals surface area contributed by atoms with E-state index in [4.69, 9.17) is 0 Å². The van der Waals surface area contributed by atoms with Gasteiger partial charge in [-0.25, -0.2) is 0 Å². The monoisotopic (exact) mass is 157 g/mol. The van der Waals surface area contributed by atoms with Crippen molar-refractivity contribution in [2.75, 3.05) is 0 Å². The summed E-state index contributed by atoms with van der Waals surface area (Å²) in [6, 6.07) is 9.59. The second-order valence-electron chi connectivity index (χ2n) is 1.46. The molecule has 0 aliphatic heterocycles. The van der Waals surface area contributed by atoms with Crippen LogP contribution in [0.4, 0.5) is 0 Å². The zero-order valence-electron chi connectivity index (χ0n) is 4.61. The zero-order valence-corrected chi connectivity index (χ0v) is 6.24. The molecule has 0 aromatic heterocycles. The first-order valence-electron chi connectivity index (χ1n) is 2.45. The molecule has 0 radical (unpaired) electrons. The summed E-state index contributed by atoms with van der Waals surface area (Å²) in [6.45, 7) is 0. The number of rotatable bonds is 1. The number of hydrogen-bond donors (Lipinski definition) is 0. The molecule has 1 rings (SSSR count). The van der Waals surface area contributed by atoms with Crippen LogP contribution in [0.1, 0.15) is 0 Å². The highest BCUT2D eigenvalue weighted by Gasteiger charge is 1.97. The van der Waals surface area contributed by atoms with Gasteiger partial charge in [-0.1, -0.05) is 18.2 Å². The zero-order chi connectivity index (χ0) is 6.53. The second kappa shape index (κ2) is 3.48. The fourth-order valence-electron chi connectivity index (χ4n) is 0.515. The van der Waals surface area contributed by atoms with Crippen molar-refractivity contribution in [2.45, 2.75) is 4.90 Å². The van der Waals surface area contributed by atoms with E-state index in [1.54, 1.807) is 0 Å². The van der Waals surface area contributed by atoms with Crippen LogP contribution < -0.4 is 0 Å². The fraction of sp³-hybridized carbons (Fsp3) is 0. The Balaban J connectivity index is 2.97. The van der Waals surface area contributed by atoms with Gasteiger partial charge in [0.1, 0.15) is 0 Å². The van der Waals surface area contributed by atoms with Crippen molar-refractivity contribution < 1.29 is 4.21 Å². The van der Waals surface area contributed by atoms with Gasteiger partial charge in [0.15, 0.2) is 0 Å². The minimum atomic E-state index is 0.521. The average Bonchev–Trinajstić information content (AvgIpc) is 1.91. The molecule has 0 aliphatic rings. The first kappa shape index (κ1) is 6.58. The third-order valence-corrected chi connectivity index (χ3v) is 2.19. The van der Waals surface area contributed by atoms with Gasteiger partial charge in [-0.15, -0.1) is 4.21 Å². The molecule has 0 amide bonds. The number of hydrogen-bond acceptors (Lipinski definition) is 1. The molecule has 0 fully saturated rings. The maximum absolute atomic E-state index is 9.98. The molecular formula is C6H5OS2+. The molecule has 0 saturated carbocycles. The Morgan fingerprint density at radius 1 is 1.22 bits per heavy atom. The molecule has 0 heterocycles. The van der Waals surface area contributed by atoms with Gasteiger partial charge in [0.05, 0.1) is 0 Å². The summed E-state index contributed by atoms with van der Waals surface area (Å²) in [4.78, 5) is 1.01. The number of benzene rings is 1. The van der Waals surface area contributed by atoms with Gasteiger partial charge in [0, 0.05) is 12.1 Å². The van der Waals surface area contributed by atoms with Gasteiger partial charge in [-0.2, -0.15) is 0 Å². The topological polar surface area (TPSA) is 17.1 Å². The Bertz CT molecular complexity index is 226. The Hall–Kier alpha value is -0.540. The highest BCUT2D eigenvalue weighted by atomic mass is 32.8. The minimum absolute atomic E-state index is 0.521. The van der Waals surface area contributed by atoms with Crippen molar-refractivity contribution in [2.24, 2.45) is 0 Å². The minimum Gasteiger partial charge on any atom is -0.148 e. The van der Waals surface area contributed by atoms with Crippen LogP contribution in [-0.4, -0.2) is 4.21 Å². The Morgan fingerprint density at radius 2 is 1.89 bits per heavy atom. The third kappa shape index (κ3) is 2.03. The highest BCUT2D eigenvalue weighted by Crippen LogP contribution is 1.95. The van der Waals surface area contributed by atoms with Crippen LogP contribution in [0.3, 0.4) is 0 Å². The molecular weight excluding hydrogens is 152 g/mol. The van der Waals surface area contributed by atoms with E-state index in [1.165, 1.54) is 10.3 Å². The van der Waals surface area contributed by atoms with E-state index in [2.05, 4.69) is 0 Å². The Labute approximate surface area is 60.4 Å². The van der Waals surface area contributed by atoms with Crippen molar-refractivity contribution in [3.05, 3.63) is 30.3 Å². The maximum Gasteiger partial charge on any atom is 0.397 e. The van der Waals surface area contributed by atoms with E-state index in [0.29, 0.717) is 10.2 Å². The second-order valence-corrected chi connectivity index (χ2v) is 3.15. The van der Waals surface area contributed by atoms with Crippen LogP contribution in [0.2, 0.25) is 0 Å². The smallest absolute Gasteiger partial charge is 0.148 e. The first-order valence-corrected chi connectivity index (χ1v) is 4.52. The third-order valence-electron chi connectivity index (χ3n) is 0.873. The standard InChI is InChI=1S/C6H5OS2/c7-9-8-6-4-2-1-3-5-6/h1-5H/q+1. The summed E-state index contributed by atoms with van der Waals surface area (Å²) < 4.78 is 9.98. The first-order chi connectivity index (χ1) is 4.43. The predicted molar refractivity (Wildman–Crippen MR) is 40.2 cm³/mol. The summed E-state index contributed by atoms with van der Waals surface area (Å²) in [5, 5.41) is 0. The summed E-state index contributed by atoms with van der Waals surface area (Å²) in [6.07, 6.45) is 0. The molecule has 0 spiro atoms. The lowest BCUT2D eigenvalue weighted by Gasteiger charge is -1.72. The van der Waals surface area contributed by atoms with Crippen molar-refractivity contribution in [1.82, 2.24) is 0 Å². The van der Waals surface area contributed by atoms with Gasteiger partial charge in [0.25, 0.3) is 0 Å². The van der Waals surface area contributed by atoms with Crippen LogP contribution in [0.5, 0.6) is 0 Å². The fourth-order valence-corrected chi connectivity index (χ4v) is 1.43. The summed E-state index contributed by atoms with van der Waals surface area (Å²) in [5.74, 6) is 0. The van der Waals surface area contributed by atoms with Crippen LogP contribution in [0, 0.1) is 0 Å². The molecule has 9 heavy (non-hydrogen) atoms. The van der Waals surface area contributed by atoms with Crippen molar-refractivity contribution >= 4 is 20.5 Å². The van der Waals surface area contributed by atoms with Crippen molar-refractivity contribution in [1.29, 1.82) is 0 Å². The lowest BCUT2D eigenvalue weighted by molar-refractivity contribution is 0.701. The summed E-state index contributed by atoms with van der Waals surface area (Å²) >= 11 is 0. The molecule has 1 aromatic carbocycles. The summed E-state index contributed by atoms with van der Waals surface area (Å²) in [7, 11) is 1.76. The molecule has 46 valence electrons. The normalized spacial score (nSPS) is 8.44. The van der Waals surface area contributed by atoms with E-state index < -0.39 is 0 Å². The van der Waals surface area contributed by atoms with Gasteiger partial charge in [-0.3, -0.25) is 0 Å². The van der Waals surface area contributed by atoms with Crippen LogP contribution in [0.25, 0.3) is 0 Å². The molecule has 0 bridgehead atoms. The molecule has 0 saturated heterocycles. The lowest BCUT2D eigenvalue weighted by atomic mass is 10.4. The van der Waals surface area contributed by atoms with Gasteiger partial charge < -0.3 is 0 Å². The predicted octanol–water partition coefficient (Wildman–Crippen LogP) is 1.26.